The van der Waals surface area contributed by atoms with Gasteiger partial charge in [0.25, 0.3) is 5.91 Å². The van der Waals surface area contributed by atoms with E-state index in [1.165, 1.54) is 0 Å². The third-order valence-electron chi connectivity index (χ3n) is 5.35. The summed E-state index contributed by atoms with van der Waals surface area (Å²) in [5, 5.41) is 2.96. The van der Waals surface area contributed by atoms with E-state index >= 15 is 0 Å². The molecular weight excluding hydrogens is 368 g/mol. The first kappa shape index (κ1) is 19.2. The first-order valence-electron chi connectivity index (χ1n) is 10.1. The van der Waals surface area contributed by atoms with Crippen molar-refractivity contribution in [2.75, 3.05) is 19.6 Å². The van der Waals surface area contributed by atoms with Crippen LogP contribution in [-0.4, -0.2) is 55.3 Å². The van der Waals surface area contributed by atoms with Crippen molar-refractivity contribution in [1.82, 2.24) is 29.2 Å². The third-order valence-corrected chi connectivity index (χ3v) is 5.35. The van der Waals surface area contributed by atoms with Gasteiger partial charge in [-0.3, -0.25) is 9.59 Å². The van der Waals surface area contributed by atoms with Crippen molar-refractivity contribution in [2.45, 2.75) is 32.7 Å². The average molecular weight is 394 g/mol. The lowest BCUT2D eigenvalue weighted by molar-refractivity contribution is -0.122. The summed E-state index contributed by atoms with van der Waals surface area (Å²) in [4.78, 5) is 35.5. The van der Waals surface area contributed by atoms with E-state index in [1.807, 2.05) is 45.3 Å². The Morgan fingerprint density at radius 3 is 3.00 bits per heavy atom. The Labute approximate surface area is 169 Å². The number of likely N-dealkylation sites (tertiary alicyclic amines) is 1. The monoisotopic (exact) mass is 394 g/mol. The summed E-state index contributed by atoms with van der Waals surface area (Å²) in [7, 11) is 0. The van der Waals surface area contributed by atoms with Gasteiger partial charge in [0.2, 0.25) is 5.91 Å². The van der Waals surface area contributed by atoms with Crippen molar-refractivity contribution >= 4 is 17.5 Å². The number of imidazole rings is 2. The third kappa shape index (κ3) is 4.64. The Bertz CT molecular complexity index is 994. The van der Waals surface area contributed by atoms with E-state index in [1.54, 1.807) is 18.7 Å². The molecule has 8 heteroatoms. The molecule has 0 spiro atoms. The molecule has 4 rings (SSSR count). The number of carbonyl (C=O) groups excluding carboxylic acids is 2. The summed E-state index contributed by atoms with van der Waals surface area (Å²) in [6.45, 7) is 4.60. The lowest BCUT2D eigenvalue weighted by Gasteiger charge is -2.32. The van der Waals surface area contributed by atoms with E-state index in [0.29, 0.717) is 38.3 Å². The summed E-state index contributed by atoms with van der Waals surface area (Å²) in [6, 6.07) is 3.90. The normalized spacial score (nSPS) is 16.9. The van der Waals surface area contributed by atoms with E-state index in [4.69, 9.17) is 0 Å². The van der Waals surface area contributed by atoms with Crippen LogP contribution in [0.2, 0.25) is 0 Å². The summed E-state index contributed by atoms with van der Waals surface area (Å²) < 4.78 is 3.81. The number of hydrogen-bond donors (Lipinski definition) is 1. The fraction of sp³-hybridized carbons (Fsp3) is 0.429. The largest absolute Gasteiger partial charge is 0.354 e. The molecule has 0 aromatic carbocycles. The maximum Gasteiger partial charge on any atom is 0.274 e. The van der Waals surface area contributed by atoms with Gasteiger partial charge in [-0.25, -0.2) is 9.97 Å². The predicted octanol–water partition coefficient (Wildman–Crippen LogP) is 1.90. The Kier molecular flexibility index (Phi) is 5.59. The maximum atomic E-state index is 12.9. The van der Waals surface area contributed by atoms with Crippen molar-refractivity contribution in [3.63, 3.8) is 0 Å². The number of pyridine rings is 1. The molecule has 0 unspecified atom stereocenters. The Morgan fingerprint density at radius 1 is 1.28 bits per heavy atom. The zero-order valence-electron chi connectivity index (χ0n) is 16.6. The van der Waals surface area contributed by atoms with E-state index in [2.05, 4.69) is 15.3 Å². The van der Waals surface area contributed by atoms with Gasteiger partial charge in [0.15, 0.2) is 0 Å². The van der Waals surface area contributed by atoms with E-state index in [-0.39, 0.29) is 17.7 Å². The lowest BCUT2D eigenvalue weighted by Crippen LogP contribution is -2.41. The highest BCUT2D eigenvalue weighted by Crippen LogP contribution is 2.21. The maximum absolute atomic E-state index is 12.9. The highest BCUT2D eigenvalue weighted by molar-refractivity contribution is 5.93. The number of piperidine rings is 1. The number of amides is 2. The second-order valence-electron chi connectivity index (χ2n) is 7.71. The van der Waals surface area contributed by atoms with Gasteiger partial charge in [-0.05, 0) is 37.3 Å². The van der Waals surface area contributed by atoms with Crippen LogP contribution in [0.1, 0.15) is 35.3 Å². The molecule has 4 heterocycles. The van der Waals surface area contributed by atoms with Crippen LogP contribution < -0.4 is 5.32 Å². The van der Waals surface area contributed by atoms with Crippen molar-refractivity contribution < 1.29 is 9.59 Å². The van der Waals surface area contributed by atoms with Crippen LogP contribution in [0.15, 0.2) is 43.2 Å². The number of nitrogens with one attached hydrogen (secondary N) is 1. The SMILES string of the molecule is Cc1ccc2nc(C(=O)N3CCC[C@@H](CC(=O)NCCn4ccnc4)C3)cn2c1. The summed E-state index contributed by atoms with van der Waals surface area (Å²) >= 11 is 0. The number of aromatic nitrogens is 4. The molecule has 152 valence electrons. The molecular formula is C21H26N6O2. The number of aryl methyl sites for hydroxylation is 1. The second-order valence-corrected chi connectivity index (χ2v) is 7.71. The lowest BCUT2D eigenvalue weighted by atomic mass is 9.94. The van der Waals surface area contributed by atoms with Crippen LogP contribution in [0, 0.1) is 12.8 Å². The van der Waals surface area contributed by atoms with E-state index < -0.39 is 0 Å². The molecule has 2 amide bonds. The molecule has 3 aromatic rings. The van der Waals surface area contributed by atoms with Crippen molar-refractivity contribution in [3.8, 4) is 0 Å². The summed E-state index contributed by atoms with van der Waals surface area (Å²) in [5.41, 5.74) is 2.34. The first-order valence-corrected chi connectivity index (χ1v) is 10.1. The van der Waals surface area contributed by atoms with Crippen molar-refractivity contribution in [3.05, 3.63) is 54.5 Å². The minimum absolute atomic E-state index is 0.0348. The Hall–Kier alpha value is -3.16. The van der Waals surface area contributed by atoms with Gasteiger partial charge < -0.3 is 19.2 Å². The fourth-order valence-corrected chi connectivity index (χ4v) is 3.86. The molecule has 1 aliphatic heterocycles. The van der Waals surface area contributed by atoms with Gasteiger partial charge in [0.05, 0.1) is 6.33 Å². The van der Waals surface area contributed by atoms with Crippen LogP contribution in [0.3, 0.4) is 0 Å². The first-order chi connectivity index (χ1) is 14.1. The van der Waals surface area contributed by atoms with Gasteiger partial charge in [-0.1, -0.05) is 6.07 Å². The van der Waals surface area contributed by atoms with Crippen LogP contribution in [0.5, 0.6) is 0 Å². The second kappa shape index (κ2) is 8.46. The van der Waals surface area contributed by atoms with Crippen LogP contribution in [0.25, 0.3) is 5.65 Å². The minimum atomic E-state index is -0.0587. The molecule has 1 N–H and O–H groups in total. The van der Waals surface area contributed by atoms with Crippen molar-refractivity contribution in [2.24, 2.45) is 5.92 Å². The molecule has 29 heavy (non-hydrogen) atoms. The van der Waals surface area contributed by atoms with Gasteiger partial charge >= 0.3 is 0 Å². The molecule has 0 radical (unpaired) electrons. The number of carbonyl (C=O) groups is 2. The summed E-state index contributed by atoms with van der Waals surface area (Å²) in [5.74, 6) is 0.157. The van der Waals surface area contributed by atoms with E-state index in [0.717, 1.165) is 24.1 Å². The Balaban J connectivity index is 1.31. The van der Waals surface area contributed by atoms with E-state index in [9.17, 15) is 9.59 Å². The smallest absolute Gasteiger partial charge is 0.274 e. The van der Waals surface area contributed by atoms with Gasteiger partial charge in [0, 0.05) is 57.4 Å². The topological polar surface area (TPSA) is 84.5 Å². The molecule has 8 nitrogen and oxygen atoms in total. The molecule has 1 aliphatic rings. The van der Waals surface area contributed by atoms with Gasteiger partial charge in [-0.15, -0.1) is 0 Å². The number of rotatable bonds is 6. The molecule has 3 aromatic heterocycles. The molecule has 1 atom stereocenters. The number of nitrogens with zero attached hydrogens (tertiary/aromatic N) is 5. The predicted molar refractivity (Wildman–Crippen MR) is 108 cm³/mol. The molecule has 1 saturated heterocycles. The molecule has 0 aliphatic carbocycles. The fourth-order valence-electron chi connectivity index (χ4n) is 3.86. The van der Waals surface area contributed by atoms with Crippen LogP contribution in [-0.2, 0) is 11.3 Å². The van der Waals surface area contributed by atoms with Crippen LogP contribution in [0.4, 0.5) is 0 Å². The minimum Gasteiger partial charge on any atom is -0.354 e. The standard InChI is InChI=1S/C21H26N6O2/c1-16-4-5-19-24-18(14-27(19)12-16)21(29)26-8-2-3-17(13-26)11-20(28)23-7-10-25-9-6-22-15-25/h4-6,9,12,14-15,17H,2-3,7-8,10-11,13H2,1H3,(H,23,28)/t17-/m0/s1. The Morgan fingerprint density at radius 2 is 2.17 bits per heavy atom. The average Bonchev–Trinajstić information content (AvgIpc) is 3.37. The van der Waals surface area contributed by atoms with Gasteiger partial charge in [0.1, 0.15) is 11.3 Å². The molecule has 1 fully saturated rings. The number of fused-ring (bicyclic) bond motifs is 1. The van der Waals surface area contributed by atoms with Crippen LogP contribution >= 0.6 is 0 Å². The zero-order valence-corrected chi connectivity index (χ0v) is 16.6. The summed E-state index contributed by atoms with van der Waals surface area (Å²) in [6.07, 6.45) is 11.4. The van der Waals surface area contributed by atoms with Crippen molar-refractivity contribution in [1.29, 1.82) is 0 Å². The number of hydrogen-bond acceptors (Lipinski definition) is 4. The van der Waals surface area contributed by atoms with Gasteiger partial charge in [-0.2, -0.15) is 0 Å². The molecule has 0 saturated carbocycles. The highest BCUT2D eigenvalue weighted by Gasteiger charge is 2.27. The quantitative estimate of drug-likeness (QED) is 0.692. The highest BCUT2D eigenvalue weighted by atomic mass is 16.2. The zero-order chi connectivity index (χ0) is 20.2. The molecule has 0 bridgehead atoms.